The van der Waals surface area contributed by atoms with Crippen molar-refractivity contribution < 1.29 is 18.1 Å². The van der Waals surface area contributed by atoms with Gasteiger partial charge in [-0.3, -0.25) is 0 Å². The second-order valence-electron chi connectivity index (χ2n) is 7.14. The fourth-order valence-electron chi connectivity index (χ4n) is 3.60. The molecule has 2 aromatic rings. The van der Waals surface area contributed by atoms with Crippen LogP contribution in [-0.2, 0) is 28.3 Å². The van der Waals surface area contributed by atoms with Gasteiger partial charge < -0.3 is 14.2 Å². The van der Waals surface area contributed by atoms with Crippen molar-refractivity contribution in [3.05, 3.63) is 34.6 Å². The number of rotatable bonds is 7. The molecule has 0 saturated carbocycles. The van der Waals surface area contributed by atoms with Crippen molar-refractivity contribution in [1.29, 1.82) is 0 Å². The fourth-order valence-corrected chi connectivity index (χ4v) is 5.62. The van der Waals surface area contributed by atoms with E-state index in [1.165, 1.54) is 0 Å². The van der Waals surface area contributed by atoms with Crippen LogP contribution in [0.1, 0.15) is 12.0 Å². The summed E-state index contributed by atoms with van der Waals surface area (Å²) in [4.78, 5) is 1.14. The first kappa shape index (κ1) is 20.2. The lowest BCUT2D eigenvalue weighted by Gasteiger charge is -2.24. The van der Waals surface area contributed by atoms with Crippen LogP contribution in [0.15, 0.2) is 24.3 Å². The van der Waals surface area contributed by atoms with E-state index in [9.17, 15) is 8.42 Å². The molecule has 0 amide bonds. The molecule has 0 aliphatic carbocycles. The summed E-state index contributed by atoms with van der Waals surface area (Å²) in [7, 11) is 0.636. The Balaban J connectivity index is 1.89. The second-order valence-corrected chi connectivity index (χ2v) is 9.73. The molecule has 3 rings (SSSR count). The highest BCUT2D eigenvalue weighted by Crippen LogP contribution is 2.21. The summed E-state index contributed by atoms with van der Waals surface area (Å²) in [5.74, 6) is 1.30. The zero-order valence-corrected chi connectivity index (χ0v) is 17.6. The van der Waals surface area contributed by atoms with Gasteiger partial charge in [0.15, 0.2) is 22.3 Å². The van der Waals surface area contributed by atoms with Gasteiger partial charge in [0.1, 0.15) is 18.3 Å². The number of hydrogen-bond acceptors (Lipinski definition) is 5. The topological polar surface area (TPSA) is 70.6 Å². The van der Waals surface area contributed by atoms with E-state index in [4.69, 9.17) is 22.1 Å². The molecule has 0 radical (unpaired) electrons. The van der Waals surface area contributed by atoms with Crippen LogP contribution >= 0.6 is 12.2 Å². The number of quaternary nitrogens is 1. The molecule has 1 unspecified atom stereocenters. The van der Waals surface area contributed by atoms with Crippen LogP contribution in [0.5, 0.6) is 0 Å². The van der Waals surface area contributed by atoms with Crippen LogP contribution in [0.3, 0.4) is 0 Å². The number of nitrogens with zero attached hydrogens (tertiary/aromatic N) is 3. The molecule has 1 N–H and O–H groups in total. The average molecular weight is 412 g/mol. The molecule has 1 saturated heterocycles. The number of hydrogen-bond donors (Lipinski definition) is 1. The smallest absolute Gasteiger partial charge is 0.202 e. The molecule has 2 atom stereocenters. The Labute approximate surface area is 165 Å². The quantitative estimate of drug-likeness (QED) is 0.676. The van der Waals surface area contributed by atoms with E-state index in [1.807, 2.05) is 34.5 Å². The molecule has 1 aromatic carbocycles. The molecular formula is C18H27N4O3S2+. The zero-order valence-electron chi connectivity index (χ0n) is 16.0. The molecule has 0 spiro atoms. The van der Waals surface area contributed by atoms with Crippen LogP contribution in [0.2, 0.25) is 0 Å². The number of benzene rings is 1. The average Bonchev–Trinajstić information content (AvgIpc) is 3.13. The molecule has 1 aromatic heterocycles. The van der Waals surface area contributed by atoms with Gasteiger partial charge in [-0.2, -0.15) is 4.68 Å². The van der Waals surface area contributed by atoms with Crippen molar-refractivity contribution in [2.24, 2.45) is 7.05 Å². The van der Waals surface area contributed by atoms with E-state index >= 15 is 0 Å². The maximum atomic E-state index is 11.9. The molecule has 27 heavy (non-hydrogen) atoms. The first-order chi connectivity index (χ1) is 12.8. The lowest BCUT2D eigenvalue weighted by molar-refractivity contribution is -0.945. The largest absolute Gasteiger partial charge is 0.379 e. The van der Waals surface area contributed by atoms with Crippen LogP contribution in [0.25, 0.3) is 11.4 Å². The number of aromatic nitrogens is 3. The van der Waals surface area contributed by atoms with Gasteiger partial charge in [0.2, 0.25) is 4.77 Å². The first-order valence-corrected chi connectivity index (χ1v) is 11.3. The fraction of sp³-hybridized carbons (Fsp3) is 0.556. The highest BCUT2D eigenvalue weighted by Gasteiger charge is 2.35. The molecule has 1 aliphatic heterocycles. The third kappa shape index (κ3) is 4.48. The highest BCUT2D eigenvalue weighted by atomic mass is 32.2. The van der Waals surface area contributed by atoms with Gasteiger partial charge in [-0.15, -0.1) is 5.10 Å². The summed E-state index contributed by atoms with van der Waals surface area (Å²) in [6.45, 7) is 3.87. The third-order valence-electron chi connectivity index (χ3n) is 5.22. The van der Waals surface area contributed by atoms with Crippen molar-refractivity contribution in [3.8, 4) is 11.4 Å². The Bertz CT molecular complexity index is 965. The maximum absolute atomic E-state index is 11.9. The summed E-state index contributed by atoms with van der Waals surface area (Å²) in [5.41, 5.74) is 2.19. The molecule has 9 heteroatoms. The van der Waals surface area contributed by atoms with E-state index in [0.717, 1.165) is 21.9 Å². The Kier molecular flexibility index (Phi) is 6.15. The molecule has 0 bridgehead atoms. The standard InChI is InChI=1S/C18H26N4O3S2/c1-14-6-4-5-7-16(14)17-19-22(18(26)20(17)2)13-21(9-10-25-3)15-8-11-27(23,24)12-15/h4-7,15H,8-13H2,1-3H3/p+1/t15-/m0/s1. The van der Waals surface area contributed by atoms with Crippen molar-refractivity contribution >= 4 is 22.1 Å². The van der Waals surface area contributed by atoms with Crippen molar-refractivity contribution in [2.45, 2.75) is 26.1 Å². The van der Waals surface area contributed by atoms with Crippen LogP contribution in [0.4, 0.5) is 0 Å². The molecule has 2 heterocycles. The Morgan fingerprint density at radius 1 is 1.37 bits per heavy atom. The van der Waals surface area contributed by atoms with E-state index < -0.39 is 9.84 Å². The molecule has 148 valence electrons. The number of nitrogens with one attached hydrogen (secondary N) is 1. The molecule has 1 fully saturated rings. The van der Waals surface area contributed by atoms with Crippen LogP contribution in [0, 0.1) is 11.7 Å². The summed E-state index contributed by atoms with van der Waals surface area (Å²) >= 11 is 5.61. The predicted octanol–water partition coefficient (Wildman–Crippen LogP) is 0.602. The molecule has 7 nitrogen and oxygen atoms in total. The first-order valence-electron chi connectivity index (χ1n) is 9.06. The van der Waals surface area contributed by atoms with Gasteiger partial charge in [-0.1, -0.05) is 24.3 Å². The van der Waals surface area contributed by atoms with Gasteiger partial charge >= 0.3 is 0 Å². The third-order valence-corrected chi connectivity index (χ3v) is 7.47. The van der Waals surface area contributed by atoms with Crippen molar-refractivity contribution in [3.63, 3.8) is 0 Å². The summed E-state index contributed by atoms with van der Waals surface area (Å²) in [5, 5.41) is 4.76. The van der Waals surface area contributed by atoms with E-state index in [2.05, 4.69) is 13.0 Å². The van der Waals surface area contributed by atoms with Gasteiger partial charge in [-0.25, -0.2) is 8.42 Å². The lowest BCUT2D eigenvalue weighted by Crippen LogP contribution is -3.16. The minimum atomic E-state index is -2.94. The van der Waals surface area contributed by atoms with Crippen molar-refractivity contribution in [1.82, 2.24) is 14.3 Å². The normalized spacial score (nSPS) is 20.0. The SMILES string of the molecule is COCC[NH+](Cn1nc(-c2ccccc2C)n(C)c1=S)[C@H]1CCS(=O)(=O)C1. The van der Waals surface area contributed by atoms with E-state index in [0.29, 0.717) is 31.0 Å². The summed E-state index contributed by atoms with van der Waals surface area (Å²) in [6.07, 6.45) is 0.673. The Hall–Kier alpha value is -1.55. The van der Waals surface area contributed by atoms with Gasteiger partial charge in [0.25, 0.3) is 0 Å². The van der Waals surface area contributed by atoms with Gasteiger partial charge in [0.05, 0.1) is 12.4 Å². The molecule has 1 aliphatic rings. The zero-order chi connectivity index (χ0) is 19.6. The Morgan fingerprint density at radius 3 is 2.74 bits per heavy atom. The van der Waals surface area contributed by atoms with Crippen LogP contribution < -0.4 is 4.90 Å². The predicted molar refractivity (Wildman–Crippen MR) is 107 cm³/mol. The summed E-state index contributed by atoms with van der Waals surface area (Å²) in [6, 6.07) is 8.13. The number of sulfone groups is 1. The van der Waals surface area contributed by atoms with Crippen molar-refractivity contribution in [2.75, 3.05) is 31.8 Å². The van der Waals surface area contributed by atoms with E-state index in [-0.39, 0.29) is 17.5 Å². The van der Waals surface area contributed by atoms with Gasteiger partial charge in [-0.05, 0) is 24.7 Å². The number of ether oxygens (including phenoxy) is 1. The molecular weight excluding hydrogens is 384 g/mol. The maximum Gasteiger partial charge on any atom is 0.202 e. The minimum absolute atomic E-state index is 0.0518. The van der Waals surface area contributed by atoms with Crippen LogP contribution in [-0.4, -0.2) is 60.6 Å². The number of aryl methyl sites for hydroxylation is 1. The minimum Gasteiger partial charge on any atom is -0.379 e. The number of methoxy groups -OCH3 is 1. The van der Waals surface area contributed by atoms with Gasteiger partial charge in [0, 0.05) is 26.1 Å². The Morgan fingerprint density at radius 2 is 2.11 bits per heavy atom. The summed E-state index contributed by atoms with van der Waals surface area (Å²) < 4.78 is 33.4. The second kappa shape index (κ2) is 8.22. The highest BCUT2D eigenvalue weighted by molar-refractivity contribution is 7.91. The monoisotopic (exact) mass is 411 g/mol. The lowest BCUT2D eigenvalue weighted by atomic mass is 10.1. The van der Waals surface area contributed by atoms with E-state index in [1.54, 1.807) is 7.11 Å².